The Morgan fingerprint density at radius 1 is 0.871 bits per heavy atom. The molecule has 0 unspecified atom stereocenters. The number of fused-ring (bicyclic) bond motifs is 3. The summed E-state index contributed by atoms with van der Waals surface area (Å²) in [6, 6.07) is 25.1. The lowest BCUT2D eigenvalue weighted by molar-refractivity contribution is -0.666. The van der Waals surface area contributed by atoms with Crippen molar-refractivity contribution in [2.45, 2.75) is 20.8 Å². The third kappa shape index (κ3) is 3.00. The van der Waals surface area contributed by atoms with Gasteiger partial charge in [-0.2, -0.15) is 9.83 Å². The van der Waals surface area contributed by atoms with E-state index in [1.54, 1.807) is 0 Å². The monoisotopic (exact) mass is 403 g/mol. The molecule has 0 spiro atoms. The predicted octanol–water partition coefficient (Wildman–Crippen LogP) is 6.54. The molecule has 0 bridgehead atoms. The molecule has 0 amide bonds. The third-order valence-electron chi connectivity index (χ3n) is 6.12. The Morgan fingerprint density at radius 2 is 1.65 bits per heavy atom. The van der Waals surface area contributed by atoms with Crippen molar-refractivity contribution < 1.29 is 8.98 Å². The summed E-state index contributed by atoms with van der Waals surface area (Å²) in [5, 5.41) is 11.8. The fourth-order valence-corrected chi connectivity index (χ4v) is 4.48. The van der Waals surface area contributed by atoms with Crippen LogP contribution in [0, 0.1) is 32.1 Å². The Labute approximate surface area is 181 Å². The number of hydrogen-bond acceptors (Lipinski definition) is 2. The van der Waals surface area contributed by atoms with Crippen LogP contribution in [0.15, 0.2) is 71.1 Å². The second kappa shape index (κ2) is 7.11. The van der Waals surface area contributed by atoms with Gasteiger partial charge in [0, 0.05) is 29.8 Å². The van der Waals surface area contributed by atoms with E-state index >= 15 is 0 Å². The Hall–Kier alpha value is -3.90. The van der Waals surface area contributed by atoms with Crippen LogP contribution < -0.4 is 4.57 Å². The van der Waals surface area contributed by atoms with Crippen LogP contribution in [0.5, 0.6) is 0 Å². The standard InChI is InChI=1S/C28H23N2O/c1-17-12-19(3)30(4)24(13-17)26-18(2)10-11-23-27-22(16-29)14-21(15-25(27)31-28(23)26)20-8-6-5-7-9-20/h5-15H,1-4H3/q+1. The van der Waals surface area contributed by atoms with Crippen molar-refractivity contribution >= 4 is 21.9 Å². The Bertz CT molecular complexity index is 1520. The summed E-state index contributed by atoms with van der Waals surface area (Å²) in [4.78, 5) is 0. The molecule has 2 aromatic heterocycles. The van der Waals surface area contributed by atoms with E-state index in [-0.39, 0.29) is 0 Å². The lowest BCUT2D eigenvalue weighted by Gasteiger charge is -2.08. The highest BCUT2D eigenvalue weighted by Crippen LogP contribution is 2.40. The average molecular weight is 404 g/mol. The maximum Gasteiger partial charge on any atom is 0.216 e. The molecule has 5 aromatic rings. The molecule has 3 nitrogen and oxygen atoms in total. The summed E-state index contributed by atoms with van der Waals surface area (Å²) in [6.45, 7) is 6.34. The van der Waals surface area contributed by atoms with Crippen molar-refractivity contribution in [1.29, 1.82) is 5.26 Å². The Morgan fingerprint density at radius 3 is 2.39 bits per heavy atom. The van der Waals surface area contributed by atoms with Gasteiger partial charge < -0.3 is 4.42 Å². The van der Waals surface area contributed by atoms with Crippen molar-refractivity contribution in [3.8, 4) is 28.5 Å². The lowest BCUT2D eigenvalue weighted by Crippen LogP contribution is -2.35. The summed E-state index contributed by atoms with van der Waals surface area (Å²) < 4.78 is 8.69. The molecule has 5 rings (SSSR count). The summed E-state index contributed by atoms with van der Waals surface area (Å²) in [7, 11) is 2.08. The fourth-order valence-electron chi connectivity index (χ4n) is 4.48. The SMILES string of the molecule is Cc1cc(C)[n+](C)c(-c2c(C)ccc3c2oc2cc(-c4ccccc4)cc(C#N)c23)c1. The number of furan rings is 1. The number of hydrogen-bond donors (Lipinski definition) is 0. The minimum Gasteiger partial charge on any atom is -0.455 e. The number of benzene rings is 3. The van der Waals surface area contributed by atoms with E-state index in [1.165, 1.54) is 11.3 Å². The zero-order valence-electron chi connectivity index (χ0n) is 18.2. The summed E-state index contributed by atoms with van der Waals surface area (Å²) >= 11 is 0. The zero-order chi connectivity index (χ0) is 21.7. The van der Waals surface area contributed by atoms with Crippen LogP contribution in [0.1, 0.15) is 22.4 Å². The molecule has 0 aliphatic carbocycles. The van der Waals surface area contributed by atoms with Crippen molar-refractivity contribution in [3.63, 3.8) is 0 Å². The highest BCUT2D eigenvalue weighted by atomic mass is 16.3. The second-order valence-electron chi connectivity index (χ2n) is 8.23. The van der Waals surface area contributed by atoms with Gasteiger partial charge >= 0.3 is 0 Å². The van der Waals surface area contributed by atoms with E-state index in [0.717, 1.165) is 49.9 Å². The Balaban J connectivity index is 1.88. The number of aryl methyl sites for hydroxylation is 3. The van der Waals surface area contributed by atoms with E-state index < -0.39 is 0 Å². The van der Waals surface area contributed by atoms with Gasteiger partial charge in [-0.25, -0.2) is 0 Å². The summed E-state index contributed by atoms with van der Waals surface area (Å²) in [5.41, 5.74) is 9.99. The highest BCUT2D eigenvalue weighted by molar-refractivity contribution is 6.12. The smallest absolute Gasteiger partial charge is 0.216 e. The number of aromatic nitrogens is 1. The molecule has 0 saturated carbocycles. The first kappa shape index (κ1) is 19.1. The number of rotatable bonds is 2. The normalized spacial score (nSPS) is 11.2. The van der Waals surface area contributed by atoms with E-state index in [1.807, 2.05) is 30.3 Å². The van der Waals surface area contributed by atoms with Crippen molar-refractivity contribution in [1.82, 2.24) is 0 Å². The first-order chi connectivity index (χ1) is 15.0. The summed E-state index contributed by atoms with van der Waals surface area (Å²) in [6.07, 6.45) is 0. The van der Waals surface area contributed by atoms with Gasteiger partial charge in [-0.3, -0.25) is 0 Å². The van der Waals surface area contributed by atoms with Crippen molar-refractivity contribution in [2.24, 2.45) is 7.05 Å². The first-order valence-electron chi connectivity index (χ1n) is 10.4. The van der Waals surface area contributed by atoms with Gasteiger partial charge in [0.2, 0.25) is 5.69 Å². The summed E-state index contributed by atoms with van der Waals surface area (Å²) in [5.74, 6) is 0. The second-order valence-corrected chi connectivity index (χ2v) is 8.23. The molecule has 2 heterocycles. The van der Waals surface area contributed by atoms with Crippen molar-refractivity contribution in [3.05, 3.63) is 89.1 Å². The molecular weight excluding hydrogens is 380 g/mol. The van der Waals surface area contributed by atoms with Crippen LogP contribution in [0.25, 0.3) is 44.3 Å². The van der Waals surface area contributed by atoms with Crippen LogP contribution in [0.4, 0.5) is 0 Å². The minimum atomic E-state index is 0.634. The Kier molecular flexibility index (Phi) is 4.38. The fraction of sp³-hybridized carbons (Fsp3) is 0.143. The molecule has 0 atom stereocenters. The van der Waals surface area contributed by atoms with E-state index in [4.69, 9.17) is 4.42 Å². The lowest BCUT2D eigenvalue weighted by atomic mass is 9.96. The van der Waals surface area contributed by atoms with Gasteiger partial charge in [0.05, 0.1) is 17.2 Å². The maximum atomic E-state index is 9.95. The van der Waals surface area contributed by atoms with Crippen LogP contribution in [0.2, 0.25) is 0 Å². The maximum absolute atomic E-state index is 9.95. The van der Waals surface area contributed by atoms with Crippen LogP contribution in [-0.2, 0) is 7.05 Å². The largest absolute Gasteiger partial charge is 0.455 e. The van der Waals surface area contributed by atoms with E-state index in [9.17, 15) is 5.26 Å². The molecular formula is C28H23N2O+. The highest BCUT2D eigenvalue weighted by Gasteiger charge is 2.23. The quantitative estimate of drug-likeness (QED) is 0.314. The van der Waals surface area contributed by atoms with Gasteiger partial charge in [0.1, 0.15) is 18.2 Å². The average Bonchev–Trinajstić information content (AvgIpc) is 3.15. The molecule has 31 heavy (non-hydrogen) atoms. The van der Waals surface area contributed by atoms with Crippen LogP contribution >= 0.6 is 0 Å². The molecule has 0 fully saturated rings. The molecule has 150 valence electrons. The molecule has 0 saturated heterocycles. The molecule has 0 aliphatic heterocycles. The van der Waals surface area contributed by atoms with Gasteiger partial charge in [0.25, 0.3) is 0 Å². The van der Waals surface area contributed by atoms with Gasteiger partial charge in [-0.1, -0.05) is 42.5 Å². The number of nitrogens with zero attached hydrogens (tertiary/aromatic N) is 2. The minimum absolute atomic E-state index is 0.634. The predicted molar refractivity (Wildman–Crippen MR) is 125 cm³/mol. The van der Waals surface area contributed by atoms with E-state index in [2.05, 4.69) is 74.9 Å². The number of pyridine rings is 1. The molecule has 3 heteroatoms. The van der Waals surface area contributed by atoms with Gasteiger partial charge in [-0.15, -0.1) is 0 Å². The molecule has 0 aliphatic rings. The van der Waals surface area contributed by atoms with Gasteiger partial charge in [-0.05, 0) is 48.2 Å². The molecule has 3 aromatic carbocycles. The topological polar surface area (TPSA) is 40.8 Å². The van der Waals surface area contributed by atoms with Crippen molar-refractivity contribution in [2.75, 3.05) is 0 Å². The first-order valence-corrected chi connectivity index (χ1v) is 10.4. The van der Waals surface area contributed by atoms with Crippen LogP contribution in [-0.4, -0.2) is 0 Å². The zero-order valence-corrected chi connectivity index (χ0v) is 18.2. The number of nitriles is 1. The van der Waals surface area contributed by atoms with Crippen LogP contribution in [0.3, 0.4) is 0 Å². The van der Waals surface area contributed by atoms with Gasteiger partial charge in [0.15, 0.2) is 5.69 Å². The molecule has 0 N–H and O–H groups in total. The molecule has 0 radical (unpaired) electrons. The third-order valence-corrected chi connectivity index (χ3v) is 6.12. The van der Waals surface area contributed by atoms with E-state index in [0.29, 0.717) is 5.56 Å².